The Balaban J connectivity index is 1.70. The Morgan fingerprint density at radius 2 is 1.56 bits per heavy atom. The van der Waals surface area contributed by atoms with Crippen molar-refractivity contribution in [1.82, 2.24) is 4.90 Å². The molecule has 0 spiro atoms. The van der Waals surface area contributed by atoms with Crippen molar-refractivity contribution in [1.29, 1.82) is 0 Å². The van der Waals surface area contributed by atoms with Gasteiger partial charge in [0.1, 0.15) is 30.1 Å². The van der Waals surface area contributed by atoms with E-state index in [2.05, 4.69) is 0 Å². The summed E-state index contributed by atoms with van der Waals surface area (Å²) >= 11 is 0. The molecule has 0 aromatic rings. The Morgan fingerprint density at radius 3 is 2.21 bits per heavy atom. The number of carbonyl (C=O) groups excluding carboxylic acids is 5. The lowest BCUT2D eigenvalue weighted by atomic mass is 9.78. The molecule has 0 aromatic carbocycles. The first kappa shape index (κ1) is 61.4. The first-order valence-corrected chi connectivity index (χ1v) is 28.3. The van der Waals surface area contributed by atoms with Crippen LogP contribution in [0.3, 0.4) is 0 Å². The Bertz CT molecular complexity index is 2020. The molecule has 1 saturated carbocycles. The summed E-state index contributed by atoms with van der Waals surface area (Å²) in [4.78, 5) is 72.5. The van der Waals surface area contributed by atoms with E-state index in [0.717, 1.165) is 5.57 Å². The fourth-order valence-corrected chi connectivity index (χ4v) is 12.4. The van der Waals surface area contributed by atoms with E-state index in [9.17, 15) is 38.8 Å². The maximum absolute atomic E-state index is 14.5. The fraction of sp³-hybridized carbons (Fsp3) is 0.764. The molecule has 1 amide bonds. The van der Waals surface area contributed by atoms with Gasteiger partial charge in [0.2, 0.25) is 5.79 Å². The van der Waals surface area contributed by atoms with Crippen molar-refractivity contribution >= 4 is 36.8 Å². The number of esters is 1. The molecule has 0 radical (unpaired) electrons. The summed E-state index contributed by atoms with van der Waals surface area (Å²) in [7, 11) is 1.15. The number of Topliss-reactive ketones (excluding diaryl/α,β-unsaturated/α-hetero) is 3. The van der Waals surface area contributed by atoms with Crippen LogP contribution in [0, 0.1) is 35.5 Å². The lowest BCUT2D eigenvalue weighted by molar-refractivity contribution is -0.265. The van der Waals surface area contributed by atoms with E-state index in [0.29, 0.717) is 69.8 Å². The first-order chi connectivity index (χ1) is 33.9. The molecule has 17 heteroatoms. The quantitative estimate of drug-likeness (QED) is 0.0910. The number of hydrogen-bond donors (Lipinski definition) is 2. The van der Waals surface area contributed by atoms with Gasteiger partial charge in [-0.1, -0.05) is 71.1 Å². The van der Waals surface area contributed by atoms with Gasteiger partial charge in [0.25, 0.3) is 11.7 Å². The van der Waals surface area contributed by atoms with Gasteiger partial charge in [0.05, 0.1) is 30.5 Å². The van der Waals surface area contributed by atoms with Gasteiger partial charge in [-0.2, -0.15) is 0 Å². The molecule has 16 atom stereocenters. The Morgan fingerprint density at radius 1 is 0.847 bits per heavy atom. The predicted octanol–water partition coefficient (Wildman–Crippen LogP) is 8.45. The third kappa shape index (κ3) is 16.9. The molecule has 16 nitrogen and oxygen atoms in total. The Hall–Kier alpha value is -3.18. The molecular formula is C55H88NO15P. The summed E-state index contributed by atoms with van der Waals surface area (Å²) in [5.41, 5.74) is 1.24. The van der Waals surface area contributed by atoms with Crippen LogP contribution in [0.4, 0.5) is 0 Å². The van der Waals surface area contributed by atoms with Crippen LogP contribution in [-0.2, 0) is 61.3 Å². The van der Waals surface area contributed by atoms with Crippen LogP contribution in [-0.4, -0.2) is 140 Å². The van der Waals surface area contributed by atoms with E-state index >= 15 is 0 Å². The lowest BCUT2D eigenvalue weighted by Gasteiger charge is -2.42. The van der Waals surface area contributed by atoms with E-state index in [1.54, 1.807) is 54.9 Å². The Labute approximate surface area is 429 Å². The van der Waals surface area contributed by atoms with Crippen molar-refractivity contribution in [2.45, 2.75) is 200 Å². The van der Waals surface area contributed by atoms with Crippen LogP contribution in [0.15, 0.2) is 47.6 Å². The molecule has 72 heavy (non-hydrogen) atoms. The van der Waals surface area contributed by atoms with E-state index < -0.39 is 103 Å². The van der Waals surface area contributed by atoms with Crippen molar-refractivity contribution in [3.05, 3.63) is 47.6 Å². The van der Waals surface area contributed by atoms with Gasteiger partial charge in [-0.25, -0.2) is 4.79 Å². The molecule has 1 aliphatic carbocycles. The number of cyclic esters (lactones) is 1. The fourth-order valence-electron chi connectivity index (χ4n) is 10.9. The zero-order valence-electron chi connectivity index (χ0n) is 45.4. The molecule has 2 bridgehead atoms. The van der Waals surface area contributed by atoms with Crippen molar-refractivity contribution < 1.29 is 71.5 Å². The summed E-state index contributed by atoms with van der Waals surface area (Å²) < 4.78 is 54.6. The molecule has 2 N–H and O–H groups in total. The zero-order valence-corrected chi connectivity index (χ0v) is 46.3. The molecule has 408 valence electrons. The lowest BCUT2D eigenvalue weighted by Crippen LogP contribution is -2.61. The normalized spacial score (nSPS) is 38.6. The molecular weight excluding hydrogens is 946 g/mol. The summed E-state index contributed by atoms with van der Waals surface area (Å²) in [6.07, 6.45) is 10.5. The first-order valence-electron chi connectivity index (χ1n) is 26.3. The van der Waals surface area contributed by atoms with Crippen LogP contribution in [0.5, 0.6) is 0 Å². The number of fused-ring (bicyclic) bond motifs is 3. The highest BCUT2D eigenvalue weighted by atomic mass is 31.2. The van der Waals surface area contributed by atoms with E-state index in [1.807, 2.05) is 58.1 Å². The van der Waals surface area contributed by atoms with E-state index in [4.69, 9.17) is 32.7 Å². The Kier molecular flexibility index (Phi) is 23.9. The molecule has 3 fully saturated rings. The molecule has 0 aromatic heterocycles. The van der Waals surface area contributed by atoms with Gasteiger partial charge in [0, 0.05) is 65.1 Å². The molecule has 4 aliphatic rings. The topological polar surface area (TPSA) is 211 Å². The number of amides is 1. The molecule has 3 heterocycles. The van der Waals surface area contributed by atoms with Gasteiger partial charge >= 0.3 is 13.6 Å². The van der Waals surface area contributed by atoms with Crippen molar-refractivity contribution in [3.63, 3.8) is 0 Å². The van der Waals surface area contributed by atoms with E-state index in [1.165, 1.54) is 18.7 Å². The van der Waals surface area contributed by atoms with Gasteiger partial charge in [-0.05, 0) is 121 Å². The standard InChI is InChI=1S/C55H88NO15P/c1-33(2)70-72(13,64)71-45-25-23-41(30-48(45)66-11)29-37(6)47-32-44(57)36(5)28-39(8)50(59)51(67-12)49(58)38(7)27-34(3)19-15-14-16-20-35(4)46(65-10)31-42-24-22-40(9)55(63,69-42)52(60)53(61)56-26-18-17-21-43(56)54(62)68-47/h14-16,19-20,28,33-34,36-38,40-43,45-48,50-51,59,63H,17-18,21-27,29-32H2,1-13H3/b16-14+,19-15+,35-20+,39-28+/t34-,36-,37-,38-,40-,41+,42+,43+,45-,46+,47+,48-,50-,51+,55-,72?/m1/s1. The number of aliphatic hydroxyl groups excluding tert-OH is 1. The summed E-state index contributed by atoms with van der Waals surface area (Å²) in [6.45, 7) is 17.7. The molecule has 3 aliphatic heterocycles. The molecule has 4 rings (SSSR count). The highest BCUT2D eigenvalue weighted by molar-refractivity contribution is 7.53. The van der Waals surface area contributed by atoms with E-state index in [-0.39, 0.29) is 48.9 Å². The number of methoxy groups -OCH3 is 3. The number of hydrogen-bond acceptors (Lipinski definition) is 15. The van der Waals surface area contributed by atoms with Gasteiger partial charge in [0.15, 0.2) is 5.78 Å². The number of piperidine rings is 1. The number of aliphatic hydroxyl groups is 2. The number of nitrogens with zero attached hydrogens (tertiary/aromatic N) is 1. The van der Waals surface area contributed by atoms with Crippen LogP contribution in [0.1, 0.15) is 139 Å². The molecule has 2 saturated heterocycles. The van der Waals surface area contributed by atoms with Gasteiger partial charge < -0.3 is 47.8 Å². The number of ketones is 3. The highest BCUT2D eigenvalue weighted by Gasteiger charge is 2.53. The predicted molar refractivity (Wildman–Crippen MR) is 274 cm³/mol. The summed E-state index contributed by atoms with van der Waals surface area (Å²) in [5, 5.41) is 23.5. The maximum atomic E-state index is 14.5. The van der Waals surface area contributed by atoms with Crippen molar-refractivity contribution in [2.75, 3.05) is 34.5 Å². The second kappa shape index (κ2) is 28.1. The van der Waals surface area contributed by atoms with Crippen molar-refractivity contribution in [2.24, 2.45) is 35.5 Å². The number of carbonyl (C=O) groups is 5. The van der Waals surface area contributed by atoms with Crippen LogP contribution in [0.25, 0.3) is 0 Å². The molecule has 1 unspecified atom stereocenters. The third-order valence-corrected chi connectivity index (χ3v) is 16.6. The number of rotatable bonds is 10. The second-order valence-corrected chi connectivity index (χ2v) is 23.6. The van der Waals surface area contributed by atoms with Gasteiger partial charge in [-0.3, -0.25) is 23.7 Å². The smallest absolute Gasteiger partial charge is 0.329 e. The minimum Gasteiger partial charge on any atom is -0.460 e. The second-order valence-electron chi connectivity index (χ2n) is 21.6. The minimum absolute atomic E-state index is 0.00576. The van der Waals surface area contributed by atoms with Crippen molar-refractivity contribution in [3.8, 4) is 0 Å². The van der Waals surface area contributed by atoms with Gasteiger partial charge in [-0.15, -0.1) is 0 Å². The highest BCUT2D eigenvalue weighted by Crippen LogP contribution is 2.49. The summed E-state index contributed by atoms with van der Waals surface area (Å²) in [6, 6.07) is -1.17. The zero-order chi connectivity index (χ0) is 53.7. The minimum atomic E-state index is -3.37. The maximum Gasteiger partial charge on any atom is 0.329 e. The number of allylic oxidation sites excluding steroid dienone is 6. The van der Waals surface area contributed by atoms with Crippen LogP contribution >= 0.6 is 7.60 Å². The van der Waals surface area contributed by atoms with Crippen LogP contribution < -0.4 is 0 Å². The largest absolute Gasteiger partial charge is 0.460 e. The average Bonchev–Trinajstić information content (AvgIpc) is 3.32. The summed E-state index contributed by atoms with van der Waals surface area (Å²) in [5.74, 6) is -8.28. The SMILES string of the molecule is CO[C@H]1C[C@@H]2CC[C@@H](C)[C@@](O)(O2)C(=O)C(=O)N2CCCC[C@H]2C(=O)O[C@H]([C@H](C)C[C@@H]2CC[C@@H](OP(C)(=O)OC(C)C)[C@H](OC)C2)CC(=O)[C@H](C)/C=C(\C)[C@@H](O)[C@@H](OC)C(=O)[C@H](C)C[C@H](C)/C=C/C=C/C=C/1C. The average molecular weight is 1030 g/mol. The third-order valence-electron chi connectivity index (χ3n) is 15.2. The van der Waals surface area contributed by atoms with Crippen LogP contribution in [0.2, 0.25) is 0 Å². The monoisotopic (exact) mass is 1030 g/mol. The number of ether oxygens (including phenoxy) is 5.